The van der Waals surface area contributed by atoms with Gasteiger partial charge >= 0.3 is 5.97 Å². The van der Waals surface area contributed by atoms with Gasteiger partial charge in [-0.2, -0.15) is 0 Å². The van der Waals surface area contributed by atoms with Crippen LogP contribution in [0.15, 0.2) is 35.9 Å². The van der Waals surface area contributed by atoms with Gasteiger partial charge in [-0.15, -0.1) is 0 Å². The molecule has 1 heterocycles. The van der Waals surface area contributed by atoms with Gasteiger partial charge < -0.3 is 24.3 Å². The van der Waals surface area contributed by atoms with E-state index in [1.54, 1.807) is 26.2 Å². The molecule has 6 nitrogen and oxygen atoms in total. The Labute approximate surface area is 169 Å². The molecule has 0 aliphatic heterocycles. The summed E-state index contributed by atoms with van der Waals surface area (Å²) < 4.78 is 12.6. The first-order chi connectivity index (χ1) is 13.8. The lowest BCUT2D eigenvalue weighted by Gasteiger charge is -2.12. The van der Waals surface area contributed by atoms with Gasteiger partial charge in [0.05, 0.1) is 25.4 Å². The van der Waals surface area contributed by atoms with Crippen LogP contribution in [-0.4, -0.2) is 35.0 Å². The monoisotopic (exact) mass is 395 g/mol. The number of phenolic OH excluding ortho intramolecular Hbond substituents is 1. The Balaban J connectivity index is 2.43. The van der Waals surface area contributed by atoms with Gasteiger partial charge in [0.1, 0.15) is 5.75 Å². The second-order valence-electron chi connectivity index (χ2n) is 6.82. The van der Waals surface area contributed by atoms with Crippen LogP contribution in [0.2, 0.25) is 0 Å². The Hall–Kier alpha value is -3.41. The number of nitrogens with zero attached hydrogens (tertiary/aromatic N) is 1. The fourth-order valence-electron chi connectivity index (χ4n) is 3.75. The van der Waals surface area contributed by atoms with Crippen LogP contribution in [0.1, 0.15) is 25.0 Å². The average Bonchev–Trinajstić information content (AvgIpc) is 3.02. The number of benzene rings is 2. The van der Waals surface area contributed by atoms with Crippen LogP contribution in [0.4, 0.5) is 0 Å². The predicted octanol–water partition coefficient (Wildman–Crippen LogP) is 4.85. The number of phenols is 1. The third-order valence-corrected chi connectivity index (χ3v) is 5.15. The highest BCUT2D eigenvalue weighted by Crippen LogP contribution is 2.44. The summed E-state index contributed by atoms with van der Waals surface area (Å²) in [5.74, 6) is 0.108. The first-order valence-electron chi connectivity index (χ1n) is 9.32. The number of carbonyl (C=O) groups is 1. The molecule has 152 valence electrons. The Morgan fingerprint density at radius 1 is 1.17 bits per heavy atom. The number of carboxylic acids is 1. The van der Waals surface area contributed by atoms with Gasteiger partial charge in [0, 0.05) is 17.5 Å². The zero-order chi connectivity index (χ0) is 21.3. The van der Waals surface area contributed by atoms with Crippen molar-refractivity contribution in [3.63, 3.8) is 0 Å². The highest BCUT2D eigenvalue weighted by molar-refractivity contribution is 6.04. The fraction of sp³-hybridized carbons (Fsp3) is 0.261. The molecule has 0 bridgehead atoms. The van der Waals surface area contributed by atoms with Gasteiger partial charge in [0.2, 0.25) is 0 Å². The van der Waals surface area contributed by atoms with Gasteiger partial charge in [-0.25, -0.2) is 4.79 Å². The lowest BCUT2D eigenvalue weighted by Crippen LogP contribution is -1.99. The maximum absolute atomic E-state index is 11.4. The van der Waals surface area contributed by atoms with Crippen LogP contribution in [0.25, 0.3) is 28.2 Å². The number of aliphatic carboxylic acids is 1. The fourth-order valence-corrected chi connectivity index (χ4v) is 3.75. The summed E-state index contributed by atoms with van der Waals surface area (Å²) in [6.45, 7) is 6.15. The normalized spacial score (nSPS) is 11.7. The number of methoxy groups -OCH3 is 2. The molecule has 29 heavy (non-hydrogen) atoms. The minimum absolute atomic E-state index is 0.0392. The van der Waals surface area contributed by atoms with E-state index in [2.05, 4.69) is 0 Å². The Kier molecular flexibility index (Phi) is 5.55. The van der Waals surface area contributed by atoms with E-state index in [-0.39, 0.29) is 11.3 Å². The SMILES string of the molecule is CCn1c(-c2ccc(OC)cc2)c(C)c2c(/C=C(\C)C(=O)O)cc(OC)c(O)c21. The van der Waals surface area contributed by atoms with E-state index in [0.717, 1.165) is 28.0 Å². The minimum atomic E-state index is -0.992. The van der Waals surface area contributed by atoms with Crippen LogP contribution in [0.5, 0.6) is 17.2 Å². The number of carboxylic acid groups (broad SMARTS) is 1. The molecule has 1 aromatic heterocycles. The Morgan fingerprint density at radius 3 is 2.34 bits per heavy atom. The summed E-state index contributed by atoms with van der Waals surface area (Å²) in [7, 11) is 3.10. The van der Waals surface area contributed by atoms with Crippen molar-refractivity contribution >= 4 is 22.9 Å². The van der Waals surface area contributed by atoms with E-state index in [1.165, 1.54) is 7.11 Å². The zero-order valence-corrected chi connectivity index (χ0v) is 17.2. The molecule has 0 atom stereocenters. The second kappa shape index (κ2) is 7.91. The molecular formula is C23H25NO5. The molecule has 0 saturated heterocycles. The lowest BCUT2D eigenvalue weighted by atomic mass is 10.0. The molecule has 2 aromatic carbocycles. The van der Waals surface area contributed by atoms with Crippen LogP contribution in [-0.2, 0) is 11.3 Å². The number of aryl methyl sites for hydroxylation is 2. The topological polar surface area (TPSA) is 80.9 Å². The predicted molar refractivity (Wildman–Crippen MR) is 114 cm³/mol. The molecular weight excluding hydrogens is 370 g/mol. The average molecular weight is 395 g/mol. The molecule has 0 amide bonds. The van der Waals surface area contributed by atoms with Crippen molar-refractivity contribution in [2.24, 2.45) is 0 Å². The van der Waals surface area contributed by atoms with E-state index in [0.29, 0.717) is 23.4 Å². The molecule has 2 N–H and O–H groups in total. The van der Waals surface area contributed by atoms with E-state index in [1.807, 2.05) is 42.7 Å². The summed E-state index contributed by atoms with van der Waals surface area (Å²) in [6.07, 6.45) is 1.61. The largest absolute Gasteiger partial charge is 0.503 e. The number of hydrogen-bond acceptors (Lipinski definition) is 4. The maximum Gasteiger partial charge on any atom is 0.331 e. The lowest BCUT2D eigenvalue weighted by molar-refractivity contribution is -0.132. The number of ether oxygens (including phenoxy) is 2. The van der Waals surface area contributed by atoms with Gasteiger partial charge in [-0.1, -0.05) is 0 Å². The maximum atomic E-state index is 11.4. The van der Waals surface area contributed by atoms with Crippen molar-refractivity contribution in [3.05, 3.63) is 47.0 Å². The van der Waals surface area contributed by atoms with Crippen molar-refractivity contribution in [2.75, 3.05) is 14.2 Å². The van der Waals surface area contributed by atoms with Crippen molar-refractivity contribution in [1.29, 1.82) is 0 Å². The molecule has 0 unspecified atom stereocenters. The van der Waals surface area contributed by atoms with Crippen molar-refractivity contribution < 1.29 is 24.5 Å². The smallest absolute Gasteiger partial charge is 0.331 e. The number of aromatic nitrogens is 1. The number of hydrogen-bond donors (Lipinski definition) is 2. The van der Waals surface area contributed by atoms with Crippen molar-refractivity contribution in [1.82, 2.24) is 4.57 Å². The minimum Gasteiger partial charge on any atom is -0.503 e. The number of aromatic hydroxyl groups is 1. The van der Waals surface area contributed by atoms with Gasteiger partial charge in [-0.05, 0) is 73.9 Å². The molecule has 0 fully saturated rings. The van der Waals surface area contributed by atoms with Crippen LogP contribution in [0.3, 0.4) is 0 Å². The third kappa shape index (κ3) is 3.42. The second-order valence-corrected chi connectivity index (χ2v) is 6.82. The Morgan fingerprint density at radius 2 is 1.83 bits per heavy atom. The molecule has 0 saturated carbocycles. The molecule has 0 aliphatic rings. The standard InChI is InChI=1S/C23H25NO5/c1-6-24-20(15-7-9-17(28-4)10-8-15)14(3)19-16(11-13(2)23(26)27)12-18(29-5)22(25)21(19)24/h7-12,25H,6H2,1-5H3,(H,26,27)/b13-11+. The van der Waals surface area contributed by atoms with Crippen LogP contribution < -0.4 is 9.47 Å². The quantitative estimate of drug-likeness (QED) is 0.583. The molecule has 0 radical (unpaired) electrons. The van der Waals surface area contributed by atoms with Gasteiger partial charge in [-0.3, -0.25) is 0 Å². The van der Waals surface area contributed by atoms with Gasteiger partial charge in [0.15, 0.2) is 11.5 Å². The first-order valence-corrected chi connectivity index (χ1v) is 9.32. The highest BCUT2D eigenvalue weighted by Gasteiger charge is 2.23. The summed E-state index contributed by atoms with van der Waals surface area (Å²) in [6, 6.07) is 9.40. The summed E-state index contributed by atoms with van der Waals surface area (Å²) >= 11 is 0. The highest BCUT2D eigenvalue weighted by atomic mass is 16.5. The van der Waals surface area contributed by atoms with E-state index in [4.69, 9.17) is 9.47 Å². The van der Waals surface area contributed by atoms with Crippen molar-refractivity contribution in [2.45, 2.75) is 27.3 Å². The summed E-state index contributed by atoms with van der Waals surface area (Å²) in [5.41, 5.74) is 4.40. The van der Waals surface area contributed by atoms with Gasteiger partial charge in [0.25, 0.3) is 0 Å². The van der Waals surface area contributed by atoms with E-state index < -0.39 is 5.97 Å². The van der Waals surface area contributed by atoms with E-state index in [9.17, 15) is 15.0 Å². The van der Waals surface area contributed by atoms with E-state index >= 15 is 0 Å². The summed E-state index contributed by atoms with van der Waals surface area (Å²) in [5, 5.41) is 21.0. The first kappa shape index (κ1) is 20.3. The number of rotatable bonds is 6. The zero-order valence-electron chi connectivity index (χ0n) is 17.2. The number of fused-ring (bicyclic) bond motifs is 1. The Bertz CT molecular complexity index is 1110. The molecule has 3 aromatic rings. The van der Waals surface area contributed by atoms with Crippen LogP contribution in [0, 0.1) is 6.92 Å². The molecule has 6 heteroatoms. The van der Waals surface area contributed by atoms with Crippen molar-refractivity contribution in [3.8, 4) is 28.5 Å². The molecule has 0 spiro atoms. The summed E-state index contributed by atoms with van der Waals surface area (Å²) in [4.78, 5) is 11.4. The van der Waals surface area contributed by atoms with Crippen LogP contribution >= 0.6 is 0 Å². The molecule has 3 rings (SSSR count). The molecule has 0 aliphatic carbocycles. The third-order valence-electron chi connectivity index (χ3n) is 5.15.